The van der Waals surface area contributed by atoms with E-state index in [2.05, 4.69) is 127 Å². The number of pyridine rings is 1. The molecule has 5 heteroatoms. The maximum absolute atomic E-state index is 4.22. The van der Waals surface area contributed by atoms with E-state index in [1.165, 1.54) is 43.0 Å². The van der Waals surface area contributed by atoms with Crippen LogP contribution >= 0.6 is 11.8 Å². The van der Waals surface area contributed by atoms with Gasteiger partial charge in [-0.2, -0.15) is 11.8 Å². The number of para-hydroxylation sites is 1. The fourth-order valence-corrected chi connectivity index (χ4v) is 6.69. The molecule has 0 N–H and O–H groups in total. The second-order valence-electron chi connectivity index (χ2n) is 11.7. The van der Waals surface area contributed by atoms with Crippen molar-refractivity contribution in [3.8, 4) is 22.6 Å². The zero-order valence-corrected chi connectivity index (χ0v) is 28.9. The van der Waals surface area contributed by atoms with E-state index < -0.39 is 0 Å². The minimum atomic E-state index is 0. The second-order valence-corrected chi connectivity index (χ2v) is 12.8. The van der Waals surface area contributed by atoms with Gasteiger partial charge in [-0.15, -0.1) is 70.9 Å². The number of fused-ring (bicyclic) bond motifs is 3. The summed E-state index contributed by atoms with van der Waals surface area (Å²) >= 11 is 1.83. The summed E-state index contributed by atoms with van der Waals surface area (Å²) in [6.07, 6.45) is 5.48. The Morgan fingerprint density at radius 3 is 2.22 bits per heavy atom. The van der Waals surface area contributed by atoms with Crippen LogP contribution in [0.2, 0.25) is 0 Å². The van der Waals surface area contributed by atoms with Crippen molar-refractivity contribution < 1.29 is 24.7 Å². The van der Waals surface area contributed by atoms with Crippen LogP contribution in [0.5, 0.6) is 0 Å². The molecule has 0 fully saturated rings. The average Bonchev–Trinajstić information content (AvgIpc) is 3.46. The zero-order valence-electron chi connectivity index (χ0n) is 25.7. The zero-order chi connectivity index (χ0) is 30.2. The summed E-state index contributed by atoms with van der Waals surface area (Å²) in [5.41, 5.74) is 9.39. The van der Waals surface area contributed by atoms with Gasteiger partial charge in [-0.3, -0.25) is 4.57 Å². The van der Waals surface area contributed by atoms with E-state index in [-0.39, 0.29) is 20.1 Å². The third-order valence-corrected chi connectivity index (χ3v) is 9.10. The molecule has 1 aliphatic heterocycles. The largest absolute Gasteiger partial charge is 3.00 e. The van der Waals surface area contributed by atoms with Crippen LogP contribution in [-0.2, 0) is 20.1 Å². The van der Waals surface area contributed by atoms with Crippen molar-refractivity contribution in [2.75, 3.05) is 0 Å². The van der Waals surface area contributed by atoms with Gasteiger partial charge in [0, 0.05) is 11.1 Å². The smallest absolute Gasteiger partial charge is 0.307 e. The molecule has 3 heterocycles. The van der Waals surface area contributed by atoms with Crippen molar-refractivity contribution in [1.82, 2.24) is 9.55 Å². The maximum atomic E-state index is 4.22. The Balaban J connectivity index is 0.000000231. The van der Waals surface area contributed by atoms with Gasteiger partial charge in [-0.1, -0.05) is 81.1 Å². The van der Waals surface area contributed by atoms with Gasteiger partial charge in [-0.25, -0.2) is 0 Å². The molecule has 0 unspecified atom stereocenters. The Kier molecular flexibility index (Phi) is 9.05. The maximum Gasteiger partial charge on any atom is 3.00 e. The van der Waals surface area contributed by atoms with Gasteiger partial charge in [0.1, 0.15) is 0 Å². The molecule has 0 atom stereocenters. The molecule has 7 aromatic rings. The molecule has 0 saturated heterocycles. The first-order chi connectivity index (χ1) is 21.5. The summed E-state index contributed by atoms with van der Waals surface area (Å²) in [5.74, 6) is 0.951. The van der Waals surface area contributed by atoms with Crippen LogP contribution in [-0.4, -0.2) is 9.55 Å². The Morgan fingerprint density at radius 1 is 0.756 bits per heavy atom. The molecule has 0 spiro atoms. The Hall–Kier alpha value is -4.02. The molecule has 8 rings (SSSR count). The number of rotatable bonds is 4. The summed E-state index contributed by atoms with van der Waals surface area (Å²) in [7, 11) is 0. The number of nitrogens with zero attached hydrogens (tertiary/aromatic N) is 3. The van der Waals surface area contributed by atoms with Gasteiger partial charge in [0.15, 0.2) is 0 Å². The van der Waals surface area contributed by atoms with E-state index in [0.29, 0.717) is 11.8 Å². The van der Waals surface area contributed by atoms with Crippen molar-refractivity contribution in [1.29, 1.82) is 0 Å². The molecule has 1 aliphatic rings. The first kappa shape index (κ1) is 31.0. The molecule has 222 valence electrons. The van der Waals surface area contributed by atoms with Crippen LogP contribution in [0.4, 0.5) is 0 Å². The quantitative estimate of drug-likeness (QED) is 0.131. The fraction of sp³-hybridized carbons (Fsp3) is 0.150. The van der Waals surface area contributed by atoms with Gasteiger partial charge in [0.25, 0.3) is 6.33 Å². The monoisotopic (exact) mass is 780 g/mol. The third kappa shape index (κ3) is 6.13. The summed E-state index contributed by atoms with van der Waals surface area (Å²) in [4.78, 5) is 6.70. The van der Waals surface area contributed by atoms with Gasteiger partial charge in [0.2, 0.25) is 0 Å². The molecule has 0 radical (unpaired) electrons. The van der Waals surface area contributed by atoms with Crippen LogP contribution in [0.1, 0.15) is 50.7 Å². The molecule has 2 aromatic heterocycles. The van der Waals surface area contributed by atoms with Crippen LogP contribution in [0.15, 0.2) is 125 Å². The fourth-order valence-electron chi connectivity index (χ4n) is 5.59. The number of imidazole rings is 1. The second kappa shape index (κ2) is 13.1. The SMILES string of the molecule is CC(C)c1cc(C(C)C)cc(-n2[c-][n+]3c4c(cccc42)Sc2cc4ccccc4[c-]c2-3)c1.[Ir+3].[c-]1ccccc1-c1ccccn1. The van der Waals surface area contributed by atoms with Gasteiger partial charge >= 0.3 is 20.1 Å². The molecule has 45 heavy (non-hydrogen) atoms. The Bertz CT molecular complexity index is 2040. The standard InChI is InChI=1S/C29H25N2S.C11H8N.Ir/c1-18(2)22-12-23(19(3)4)14-24(13-22)30-17-31-26-15-20-8-5-6-9-21(20)16-28(26)32-27-11-7-10-25(30)29(27)31;1-2-6-10(7-3-1)11-8-4-5-9-12-11;/h5-14,16,18-19H,1-4H3;1-6,8-9H;/q2*-1;+3. The van der Waals surface area contributed by atoms with E-state index >= 15 is 0 Å². The third-order valence-electron chi connectivity index (χ3n) is 8.02. The number of benzene rings is 5. The van der Waals surface area contributed by atoms with E-state index in [0.717, 1.165) is 22.3 Å². The molecular weight excluding hydrogens is 747 g/mol. The first-order valence-corrected chi connectivity index (χ1v) is 15.9. The van der Waals surface area contributed by atoms with Crippen molar-refractivity contribution in [3.05, 3.63) is 145 Å². The molecule has 0 saturated carbocycles. The summed E-state index contributed by atoms with van der Waals surface area (Å²) in [6, 6.07) is 44.8. The summed E-state index contributed by atoms with van der Waals surface area (Å²) in [5, 5.41) is 2.36. The number of hydrogen-bond acceptors (Lipinski definition) is 2. The summed E-state index contributed by atoms with van der Waals surface area (Å²) in [6.45, 7) is 9.06. The van der Waals surface area contributed by atoms with Crippen LogP contribution in [0, 0.1) is 18.5 Å². The van der Waals surface area contributed by atoms with E-state index in [4.69, 9.17) is 0 Å². The van der Waals surface area contributed by atoms with Crippen LogP contribution in [0.25, 0.3) is 44.4 Å². The van der Waals surface area contributed by atoms with Crippen molar-refractivity contribution in [2.45, 2.75) is 49.3 Å². The first-order valence-electron chi connectivity index (χ1n) is 15.1. The van der Waals surface area contributed by atoms with Gasteiger partial charge in [0.05, 0.1) is 16.7 Å². The van der Waals surface area contributed by atoms with Crippen molar-refractivity contribution in [2.24, 2.45) is 0 Å². The van der Waals surface area contributed by atoms with Gasteiger partial charge < -0.3 is 9.55 Å². The van der Waals surface area contributed by atoms with Gasteiger partial charge in [-0.05, 0) is 52.5 Å². The minimum Gasteiger partial charge on any atom is -0.307 e. The van der Waals surface area contributed by atoms with E-state index in [1.807, 2.05) is 54.2 Å². The Morgan fingerprint density at radius 2 is 1.51 bits per heavy atom. The van der Waals surface area contributed by atoms with Crippen molar-refractivity contribution >= 4 is 33.6 Å². The predicted octanol–water partition coefficient (Wildman–Crippen LogP) is 9.92. The topological polar surface area (TPSA) is 21.7 Å². The predicted molar refractivity (Wildman–Crippen MR) is 181 cm³/mol. The normalized spacial score (nSPS) is 11.7. The average molecular weight is 780 g/mol. The molecular formula is C40H33IrN3S+. The molecule has 3 nitrogen and oxygen atoms in total. The van der Waals surface area contributed by atoms with Crippen LogP contribution < -0.4 is 4.57 Å². The molecule has 0 amide bonds. The summed E-state index contributed by atoms with van der Waals surface area (Å²) < 4.78 is 4.44. The van der Waals surface area contributed by atoms with E-state index in [9.17, 15) is 0 Å². The minimum absolute atomic E-state index is 0. The molecule has 5 aromatic carbocycles. The Labute approximate surface area is 283 Å². The molecule has 0 bridgehead atoms. The van der Waals surface area contributed by atoms with Crippen LogP contribution in [0.3, 0.4) is 0 Å². The number of aromatic nitrogens is 3. The molecule has 0 aliphatic carbocycles. The number of hydrogen-bond donors (Lipinski definition) is 0. The van der Waals surface area contributed by atoms with E-state index in [1.54, 1.807) is 6.20 Å². The van der Waals surface area contributed by atoms with Crippen molar-refractivity contribution in [3.63, 3.8) is 0 Å².